The van der Waals surface area contributed by atoms with Gasteiger partial charge in [0.25, 0.3) is 5.91 Å². The maximum atomic E-state index is 11.8. The van der Waals surface area contributed by atoms with Gasteiger partial charge < -0.3 is 26.2 Å². The second-order valence-corrected chi connectivity index (χ2v) is 4.93. The summed E-state index contributed by atoms with van der Waals surface area (Å²) in [6.07, 6.45) is 0.0132. The average Bonchev–Trinajstić information content (AvgIpc) is 3.09. The number of carbonyl (C=O) groups is 1. The Morgan fingerprint density at radius 1 is 1.41 bits per heavy atom. The fourth-order valence-electron chi connectivity index (χ4n) is 2.52. The summed E-state index contributed by atoms with van der Waals surface area (Å²) in [5, 5.41) is 15.7. The molecule has 2 aromatic rings. The van der Waals surface area contributed by atoms with Gasteiger partial charge in [-0.15, -0.1) is 0 Å². The Balaban J connectivity index is 2.00. The average molecular weight is 307 g/mol. The molecule has 1 saturated heterocycles. The number of anilines is 1. The number of imidazole rings is 1. The van der Waals surface area contributed by atoms with Crippen LogP contribution in [0.3, 0.4) is 0 Å². The number of aliphatic hydroxyl groups excluding tert-OH is 1. The molecular weight excluding hydrogens is 290 g/mol. The summed E-state index contributed by atoms with van der Waals surface area (Å²) in [6, 6.07) is -0.840. The molecule has 2 aromatic heterocycles. The van der Waals surface area contributed by atoms with Crippen molar-refractivity contribution in [1.82, 2.24) is 24.8 Å². The van der Waals surface area contributed by atoms with Crippen molar-refractivity contribution in [1.29, 1.82) is 0 Å². The standard InChI is InChI=1S/C12H17N7O3/c1-14-9-6-10(17-3-16-9)19(4-18-6)12-7(20)5(13)8(22-12)11(21)15-2/h3-5,7-8,12,20H,13H2,1-2H3,(H,15,21)(H,14,16,17)/t5-,7+,8-,12+/m0/s1. The van der Waals surface area contributed by atoms with E-state index in [2.05, 4.69) is 25.6 Å². The lowest BCUT2D eigenvalue weighted by Gasteiger charge is -2.16. The van der Waals surface area contributed by atoms with Crippen molar-refractivity contribution in [3.8, 4) is 0 Å². The van der Waals surface area contributed by atoms with Gasteiger partial charge in [0.15, 0.2) is 23.8 Å². The Bertz CT molecular complexity index is 703. The molecule has 22 heavy (non-hydrogen) atoms. The lowest BCUT2D eigenvalue weighted by atomic mass is 10.1. The fourth-order valence-corrected chi connectivity index (χ4v) is 2.52. The van der Waals surface area contributed by atoms with Gasteiger partial charge in [-0.2, -0.15) is 0 Å². The molecule has 0 aliphatic carbocycles. The molecule has 10 nitrogen and oxygen atoms in total. The third-order valence-electron chi connectivity index (χ3n) is 3.70. The Morgan fingerprint density at radius 2 is 2.18 bits per heavy atom. The lowest BCUT2D eigenvalue weighted by Crippen LogP contribution is -2.46. The highest BCUT2D eigenvalue weighted by Gasteiger charge is 2.46. The largest absolute Gasteiger partial charge is 0.387 e. The summed E-state index contributed by atoms with van der Waals surface area (Å²) < 4.78 is 7.17. The zero-order valence-corrected chi connectivity index (χ0v) is 12.1. The number of carbonyl (C=O) groups excluding carboxylic acids is 1. The van der Waals surface area contributed by atoms with Crippen molar-refractivity contribution in [3.63, 3.8) is 0 Å². The van der Waals surface area contributed by atoms with E-state index in [4.69, 9.17) is 10.5 Å². The first kappa shape index (κ1) is 14.6. The molecule has 0 aromatic carbocycles. The van der Waals surface area contributed by atoms with Crippen LogP contribution < -0.4 is 16.4 Å². The van der Waals surface area contributed by atoms with Gasteiger partial charge >= 0.3 is 0 Å². The quantitative estimate of drug-likeness (QED) is 0.520. The number of nitrogens with one attached hydrogen (secondary N) is 2. The van der Waals surface area contributed by atoms with Crippen molar-refractivity contribution in [2.75, 3.05) is 19.4 Å². The molecule has 3 rings (SSSR count). The van der Waals surface area contributed by atoms with Crippen molar-refractivity contribution >= 4 is 22.9 Å². The van der Waals surface area contributed by atoms with Crippen LogP contribution in [0, 0.1) is 0 Å². The van der Waals surface area contributed by atoms with E-state index in [0.29, 0.717) is 17.0 Å². The highest BCUT2D eigenvalue weighted by atomic mass is 16.5. The van der Waals surface area contributed by atoms with Crippen LogP contribution in [0.1, 0.15) is 6.23 Å². The molecule has 3 heterocycles. The number of amides is 1. The molecule has 1 amide bonds. The first-order valence-corrected chi connectivity index (χ1v) is 6.74. The van der Waals surface area contributed by atoms with Crippen LogP contribution in [-0.2, 0) is 9.53 Å². The number of aromatic nitrogens is 4. The van der Waals surface area contributed by atoms with Gasteiger partial charge in [-0.25, -0.2) is 15.0 Å². The Hall–Kier alpha value is -2.30. The Kier molecular flexibility index (Phi) is 3.64. The van der Waals surface area contributed by atoms with Crippen LogP contribution in [-0.4, -0.2) is 62.9 Å². The van der Waals surface area contributed by atoms with Gasteiger partial charge in [-0.1, -0.05) is 0 Å². The summed E-state index contributed by atoms with van der Waals surface area (Å²) >= 11 is 0. The molecule has 1 fully saturated rings. The number of nitrogens with two attached hydrogens (primary N) is 1. The van der Waals surface area contributed by atoms with Gasteiger partial charge in [0.05, 0.1) is 12.4 Å². The van der Waals surface area contributed by atoms with Crippen LogP contribution in [0.15, 0.2) is 12.7 Å². The molecule has 4 atom stereocenters. The summed E-state index contributed by atoms with van der Waals surface area (Å²) in [4.78, 5) is 24.2. The second-order valence-electron chi connectivity index (χ2n) is 4.93. The topological polar surface area (TPSA) is 140 Å². The van der Waals surface area contributed by atoms with E-state index < -0.39 is 24.5 Å². The summed E-state index contributed by atoms with van der Waals surface area (Å²) in [5.74, 6) is 0.174. The van der Waals surface area contributed by atoms with Crippen LogP contribution in [0.2, 0.25) is 0 Å². The minimum absolute atomic E-state index is 0.385. The zero-order chi connectivity index (χ0) is 15.9. The fraction of sp³-hybridized carbons (Fsp3) is 0.500. The second kappa shape index (κ2) is 5.48. The van der Waals surface area contributed by atoms with Crippen molar-refractivity contribution in [2.45, 2.75) is 24.5 Å². The van der Waals surface area contributed by atoms with E-state index in [1.165, 1.54) is 19.7 Å². The molecule has 0 spiro atoms. The number of hydrogen-bond donors (Lipinski definition) is 4. The van der Waals surface area contributed by atoms with Crippen molar-refractivity contribution in [3.05, 3.63) is 12.7 Å². The number of fused-ring (bicyclic) bond motifs is 1. The van der Waals surface area contributed by atoms with Crippen LogP contribution in [0.4, 0.5) is 5.82 Å². The maximum Gasteiger partial charge on any atom is 0.250 e. The Labute approximate surface area is 125 Å². The number of rotatable bonds is 3. The monoisotopic (exact) mass is 307 g/mol. The van der Waals surface area contributed by atoms with Gasteiger partial charge in [0, 0.05) is 14.1 Å². The number of hydrogen-bond acceptors (Lipinski definition) is 8. The normalized spacial score (nSPS) is 28.0. The highest BCUT2D eigenvalue weighted by molar-refractivity contribution is 5.83. The minimum Gasteiger partial charge on any atom is -0.387 e. The molecule has 5 N–H and O–H groups in total. The van der Waals surface area contributed by atoms with Crippen LogP contribution in [0.5, 0.6) is 0 Å². The summed E-state index contributed by atoms with van der Waals surface area (Å²) in [5.41, 5.74) is 6.90. The van der Waals surface area contributed by atoms with Crippen LogP contribution in [0.25, 0.3) is 11.2 Å². The predicted octanol–water partition coefficient (Wildman–Crippen LogP) is -1.80. The highest BCUT2D eigenvalue weighted by Crippen LogP contribution is 2.31. The molecule has 0 unspecified atom stereocenters. The molecule has 0 bridgehead atoms. The number of aliphatic hydroxyl groups is 1. The zero-order valence-electron chi connectivity index (χ0n) is 12.1. The van der Waals surface area contributed by atoms with E-state index in [-0.39, 0.29) is 5.91 Å². The van der Waals surface area contributed by atoms with Gasteiger partial charge in [0.1, 0.15) is 17.9 Å². The predicted molar refractivity (Wildman–Crippen MR) is 76.8 cm³/mol. The van der Waals surface area contributed by atoms with Crippen molar-refractivity contribution < 1.29 is 14.6 Å². The van der Waals surface area contributed by atoms with E-state index in [1.54, 1.807) is 11.6 Å². The number of ether oxygens (including phenoxy) is 1. The maximum absolute atomic E-state index is 11.8. The molecule has 0 saturated carbocycles. The molecule has 10 heteroatoms. The molecule has 0 radical (unpaired) electrons. The van der Waals surface area contributed by atoms with Crippen LogP contribution >= 0.6 is 0 Å². The van der Waals surface area contributed by atoms with Crippen molar-refractivity contribution in [2.24, 2.45) is 5.73 Å². The lowest BCUT2D eigenvalue weighted by molar-refractivity contribution is -0.134. The number of nitrogens with zero attached hydrogens (tertiary/aromatic N) is 4. The van der Waals surface area contributed by atoms with Gasteiger partial charge in [-0.3, -0.25) is 9.36 Å². The molecule has 1 aliphatic rings. The van der Waals surface area contributed by atoms with E-state index in [9.17, 15) is 9.90 Å². The number of likely N-dealkylation sites (N-methyl/N-ethyl adjacent to an activating group) is 1. The van der Waals surface area contributed by atoms with E-state index in [1.807, 2.05) is 0 Å². The molecule has 1 aliphatic heterocycles. The van der Waals surface area contributed by atoms with Gasteiger partial charge in [-0.05, 0) is 0 Å². The first-order chi connectivity index (χ1) is 10.6. The molecule has 118 valence electrons. The smallest absolute Gasteiger partial charge is 0.250 e. The van der Waals surface area contributed by atoms with E-state index in [0.717, 1.165) is 0 Å². The minimum atomic E-state index is -1.06. The van der Waals surface area contributed by atoms with Gasteiger partial charge in [0.2, 0.25) is 0 Å². The SMILES string of the molecule is CNC(=O)[C@H]1O[C@@H](n2cnc3c(NC)ncnc32)[C@H](O)[C@@H]1N. The first-order valence-electron chi connectivity index (χ1n) is 6.74. The summed E-state index contributed by atoms with van der Waals surface area (Å²) in [6.45, 7) is 0. The van der Waals surface area contributed by atoms with E-state index >= 15 is 0 Å². The third-order valence-corrected chi connectivity index (χ3v) is 3.70. The molecular formula is C12H17N7O3. The summed E-state index contributed by atoms with van der Waals surface area (Å²) in [7, 11) is 3.20. The third kappa shape index (κ3) is 2.08. The Morgan fingerprint density at radius 3 is 2.86 bits per heavy atom.